The number of para-hydroxylation sites is 2. The number of carbonyl (C=O) groups excluding carboxylic acids is 1. The van der Waals surface area contributed by atoms with Gasteiger partial charge in [0.15, 0.2) is 17.3 Å². The minimum absolute atomic E-state index is 0.0852. The molecule has 31 heavy (non-hydrogen) atoms. The third kappa shape index (κ3) is 3.17. The number of imidazole rings is 1. The number of ketones is 1. The van der Waals surface area contributed by atoms with E-state index in [1.54, 1.807) is 7.11 Å². The number of aromatic nitrogens is 2. The number of hydrogen-bond donors (Lipinski definition) is 1. The summed E-state index contributed by atoms with van der Waals surface area (Å²) in [6.45, 7) is 6.79. The summed E-state index contributed by atoms with van der Waals surface area (Å²) in [5, 5.41) is 3.49. The van der Waals surface area contributed by atoms with Crippen LogP contribution < -0.4 is 14.8 Å². The number of fused-ring (bicyclic) bond motifs is 3. The Hall–Kier alpha value is -3.28. The number of ether oxygens (including phenoxy) is 2. The van der Waals surface area contributed by atoms with Crippen LogP contribution >= 0.6 is 0 Å². The molecule has 1 unspecified atom stereocenters. The number of nitrogens with one attached hydrogen (secondary N) is 1. The van der Waals surface area contributed by atoms with E-state index in [0.717, 1.165) is 40.2 Å². The highest BCUT2D eigenvalue weighted by atomic mass is 16.5. The number of Topliss-reactive ketones (excluding diaryl/α,β-unsaturated/α-hetero) is 1. The van der Waals surface area contributed by atoms with Crippen molar-refractivity contribution in [2.75, 3.05) is 19.0 Å². The Balaban J connectivity index is 1.75. The highest BCUT2D eigenvalue weighted by Crippen LogP contribution is 2.47. The Morgan fingerprint density at radius 1 is 1.16 bits per heavy atom. The number of anilines is 1. The molecular weight excluding hydrogens is 390 g/mol. The predicted molar refractivity (Wildman–Crippen MR) is 121 cm³/mol. The second-order valence-corrected chi connectivity index (χ2v) is 9.00. The van der Waals surface area contributed by atoms with Gasteiger partial charge in [-0.05, 0) is 48.6 Å². The Morgan fingerprint density at radius 3 is 2.74 bits per heavy atom. The summed E-state index contributed by atoms with van der Waals surface area (Å²) in [6.07, 6.45) is 1.34. The molecule has 0 saturated heterocycles. The molecule has 5 rings (SSSR count). The van der Waals surface area contributed by atoms with E-state index >= 15 is 0 Å². The van der Waals surface area contributed by atoms with E-state index in [4.69, 9.17) is 14.5 Å². The van der Waals surface area contributed by atoms with Crippen LogP contribution in [0.3, 0.4) is 0 Å². The van der Waals surface area contributed by atoms with Gasteiger partial charge in [-0.1, -0.05) is 32.0 Å². The molecule has 0 fully saturated rings. The van der Waals surface area contributed by atoms with Gasteiger partial charge in [0.1, 0.15) is 0 Å². The zero-order chi connectivity index (χ0) is 21.8. The average molecular weight is 418 g/mol. The minimum Gasteiger partial charge on any atom is -0.493 e. The van der Waals surface area contributed by atoms with Crippen LogP contribution in [0.15, 0.2) is 53.7 Å². The van der Waals surface area contributed by atoms with E-state index in [2.05, 4.69) is 29.8 Å². The number of methoxy groups -OCH3 is 1. The standard InChI is InChI=1S/C25H27N3O3/c1-5-31-20-11-10-15(12-21(20)30-4)23-22-17(13-25(2,3)14-19(22)29)27-24-26-16-8-6-7-9-18(16)28(23)24/h6-12,23H,5,13-14H2,1-4H3,(H,26,27). The van der Waals surface area contributed by atoms with Gasteiger partial charge < -0.3 is 14.8 Å². The normalized spacial score (nSPS) is 19.6. The number of nitrogens with zero attached hydrogens (tertiary/aromatic N) is 2. The molecule has 3 aromatic rings. The number of rotatable bonds is 4. The van der Waals surface area contributed by atoms with Crippen LogP contribution in [-0.4, -0.2) is 29.1 Å². The Kier molecular flexibility index (Phi) is 4.54. The lowest BCUT2D eigenvalue weighted by Gasteiger charge is -2.39. The minimum atomic E-state index is -0.271. The van der Waals surface area contributed by atoms with Crippen molar-refractivity contribution in [3.05, 3.63) is 59.3 Å². The molecule has 2 aliphatic rings. The van der Waals surface area contributed by atoms with Gasteiger partial charge in [0.2, 0.25) is 5.95 Å². The van der Waals surface area contributed by atoms with E-state index in [1.165, 1.54) is 0 Å². The third-order valence-corrected chi connectivity index (χ3v) is 6.11. The summed E-state index contributed by atoms with van der Waals surface area (Å²) in [4.78, 5) is 18.3. The van der Waals surface area contributed by atoms with Crippen molar-refractivity contribution in [1.29, 1.82) is 0 Å². The molecule has 0 radical (unpaired) electrons. The van der Waals surface area contributed by atoms with Crippen molar-refractivity contribution in [3.8, 4) is 11.5 Å². The molecule has 1 aliphatic heterocycles. The molecule has 6 heteroatoms. The van der Waals surface area contributed by atoms with Crippen LogP contribution in [0, 0.1) is 5.41 Å². The molecule has 0 bridgehead atoms. The lowest BCUT2D eigenvalue weighted by atomic mass is 9.73. The van der Waals surface area contributed by atoms with Gasteiger partial charge in [0, 0.05) is 17.7 Å². The molecular formula is C25H27N3O3. The van der Waals surface area contributed by atoms with Gasteiger partial charge in [-0.25, -0.2) is 4.98 Å². The average Bonchev–Trinajstić information content (AvgIpc) is 3.10. The van der Waals surface area contributed by atoms with E-state index in [0.29, 0.717) is 24.5 Å². The largest absolute Gasteiger partial charge is 0.493 e. The van der Waals surface area contributed by atoms with Gasteiger partial charge in [0.25, 0.3) is 0 Å². The van der Waals surface area contributed by atoms with Gasteiger partial charge in [-0.15, -0.1) is 0 Å². The summed E-state index contributed by atoms with van der Waals surface area (Å²) in [5.41, 5.74) is 4.58. The lowest BCUT2D eigenvalue weighted by molar-refractivity contribution is -0.118. The van der Waals surface area contributed by atoms with E-state index in [-0.39, 0.29) is 17.2 Å². The third-order valence-electron chi connectivity index (χ3n) is 6.11. The Labute approximate surface area is 181 Å². The lowest BCUT2D eigenvalue weighted by Crippen LogP contribution is -2.36. The highest BCUT2D eigenvalue weighted by molar-refractivity contribution is 6.01. The number of carbonyl (C=O) groups is 1. The van der Waals surface area contributed by atoms with Gasteiger partial charge >= 0.3 is 0 Å². The topological polar surface area (TPSA) is 65.4 Å². The number of allylic oxidation sites excluding steroid dienone is 2. The van der Waals surface area contributed by atoms with Gasteiger partial charge in [-0.3, -0.25) is 9.36 Å². The summed E-state index contributed by atoms with van der Waals surface area (Å²) in [5.74, 6) is 2.31. The molecule has 0 saturated carbocycles. The van der Waals surface area contributed by atoms with Gasteiger partial charge in [-0.2, -0.15) is 0 Å². The van der Waals surface area contributed by atoms with E-state index in [1.807, 2.05) is 43.3 Å². The fraction of sp³-hybridized carbons (Fsp3) is 0.360. The fourth-order valence-electron chi connectivity index (χ4n) is 4.87. The molecule has 1 atom stereocenters. The van der Waals surface area contributed by atoms with Gasteiger partial charge in [0.05, 0.1) is 30.8 Å². The van der Waals surface area contributed by atoms with Crippen molar-refractivity contribution < 1.29 is 14.3 Å². The van der Waals surface area contributed by atoms with Crippen molar-refractivity contribution in [1.82, 2.24) is 9.55 Å². The van der Waals surface area contributed by atoms with Crippen molar-refractivity contribution in [2.24, 2.45) is 5.41 Å². The molecule has 0 spiro atoms. The van der Waals surface area contributed by atoms with Crippen molar-refractivity contribution in [2.45, 2.75) is 39.7 Å². The smallest absolute Gasteiger partial charge is 0.209 e. The second kappa shape index (κ2) is 7.15. The first-order chi connectivity index (χ1) is 14.9. The van der Waals surface area contributed by atoms with Crippen LogP contribution in [0.4, 0.5) is 5.95 Å². The zero-order valence-electron chi connectivity index (χ0n) is 18.4. The maximum atomic E-state index is 13.4. The molecule has 2 aromatic carbocycles. The van der Waals surface area contributed by atoms with Crippen molar-refractivity contribution in [3.63, 3.8) is 0 Å². The fourth-order valence-corrected chi connectivity index (χ4v) is 4.87. The Bertz CT molecular complexity index is 1220. The molecule has 2 heterocycles. The number of benzene rings is 2. The summed E-state index contributed by atoms with van der Waals surface area (Å²) >= 11 is 0. The molecule has 6 nitrogen and oxygen atoms in total. The summed E-state index contributed by atoms with van der Waals surface area (Å²) in [7, 11) is 1.64. The predicted octanol–water partition coefficient (Wildman–Crippen LogP) is 5.10. The molecule has 1 aliphatic carbocycles. The molecule has 160 valence electrons. The van der Waals surface area contributed by atoms with Crippen LogP contribution in [0.25, 0.3) is 11.0 Å². The second-order valence-electron chi connectivity index (χ2n) is 9.00. The van der Waals surface area contributed by atoms with E-state index in [9.17, 15) is 4.79 Å². The first-order valence-electron chi connectivity index (χ1n) is 10.7. The maximum absolute atomic E-state index is 13.4. The van der Waals surface area contributed by atoms with E-state index < -0.39 is 0 Å². The number of hydrogen-bond acceptors (Lipinski definition) is 5. The summed E-state index contributed by atoms with van der Waals surface area (Å²) in [6, 6.07) is 13.7. The van der Waals surface area contributed by atoms with Crippen LogP contribution in [-0.2, 0) is 4.79 Å². The molecule has 1 N–H and O–H groups in total. The first-order valence-corrected chi connectivity index (χ1v) is 10.7. The van der Waals surface area contributed by atoms with Crippen LogP contribution in [0.5, 0.6) is 11.5 Å². The van der Waals surface area contributed by atoms with Crippen LogP contribution in [0.2, 0.25) is 0 Å². The zero-order valence-corrected chi connectivity index (χ0v) is 18.4. The molecule has 0 amide bonds. The SMILES string of the molecule is CCOc1ccc(C2C3=C(CC(C)(C)CC3=O)Nc3nc4ccccc4n32)cc1OC. The molecule has 1 aromatic heterocycles. The quantitative estimate of drug-likeness (QED) is 0.640. The highest BCUT2D eigenvalue weighted by Gasteiger charge is 2.41. The monoisotopic (exact) mass is 417 g/mol. The van der Waals surface area contributed by atoms with Crippen molar-refractivity contribution >= 4 is 22.8 Å². The first kappa shape index (κ1) is 19.7. The van der Waals surface area contributed by atoms with Crippen LogP contribution in [0.1, 0.15) is 45.2 Å². The Morgan fingerprint density at radius 2 is 1.97 bits per heavy atom. The summed E-state index contributed by atoms with van der Waals surface area (Å²) < 4.78 is 13.5. The maximum Gasteiger partial charge on any atom is 0.209 e.